The van der Waals surface area contributed by atoms with Crippen LogP contribution in [-0.4, -0.2) is 54.9 Å². The molecule has 1 aliphatic rings. The van der Waals surface area contributed by atoms with Gasteiger partial charge in [-0.3, -0.25) is 4.79 Å². The summed E-state index contributed by atoms with van der Waals surface area (Å²) in [6.07, 6.45) is 44.7. The highest BCUT2D eigenvalue weighted by Crippen LogP contribution is 2.32. The van der Waals surface area contributed by atoms with Gasteiger partial charge >= 0.3 is 5.97 Å². The van der Waals surface area contributed by atoms with Gasteiger partial charge in [-0.05, 0) is 95.7 Å². The van der Waals surface area contributed by atoms with E-state index >= 15 is 0 Å². The molecule has 0 amide bonds. The maximum absolute atomic E-state index is 12.7. The molecule has 0 aromatic heterocycles. The number of rotatable bonds is 42. The van der Waals surface area contributed by atoms with Crippen LogP contribution < -0.4 is 0 Å². The fourth-order valence-electron chi connectivity index (χ4n) is 7.81. The highest BCUT2D eigenvalue weighted by molar-refractivity contribution is 5.69. The zero-order valence-corrected chi connectivity index (χ0v) is 36.2. The molecule has 1 N–H and O–H groups in total. The summed E-state index contributed by atoms with van der Waals surface area (Å²) in [5.41, 5.74) is 1.59. The van der Waals surface area contributed by atoms with Gasteiger partial charge in [0.05, 0.1) is 19.0 Å². The van der Waals surface area contributed by atoms with E-state index in [1.54, 1.807) is 5.57 Å². The van der Waals surface area contributed by atoms with Crippen molar-refractivity contribution in [2.24, 2.45) is 0 Å². The van der Waals surface area contributed by atoms with Gasteiger partial charge in [-0.25, -0.2) is 0 Å². The third-order valence-corrected chi connectivity index (χ3v) is 11.6. The summed E-state index contributed by atoms with van der Waals surface area (Å²) in [6.45, 7) is 10.9. The Balaban J connectivity index is 2.17. The fraction of sp³-hybridized carbons (Fsp3) is 0.938. The molecule has 5 nitrogen and oxygen atoms in total. The van der Waals surface area contributed by atoms with E-state index in [2.05, 4.69) is 25.7 Å². The molecule has 0 saturated heterocycles. The minimum absolute atomic E-state index is 0.0300. The van der Waals surface area contributed by atoms with Crippen molar-refractivity contribution in [2.45, 2.75) is 258 Å². The summed E-state index contributed by atoms with van der Waals surface area (Å²) in [5.74, 6) is 1.36. The summed E-state index contributed by atoms with van der Waals surface area (Å²) < 4.78 is 12.4. The van der Waals surface area contributed by atoms with E-state index in [9.17, 15) is 9.90 Å². The standard InChI is InChI=1S/C48H93NO4/c1-4-7-10-13-16-17-18-24-32-44-52-47(45-34-33-35-45)38-28-25-31-41-49(42-43-50)40-30-23-19-22-29-39-48(51)53-46(36-26-20-14-11-8-5-2)37-27-21-15-12-9-6-3/h46,50H,4-44H2,1-3H3. The number of esters is 1. The number of nitrogens with zero attached hydrogens (tertiary/aromatic N) is 1. The molecule has 314 valence electrons. The van der Waals surface area contributed by atoms with Gasteiger partial charge in [0.25, 0.3) is 0 Å². The number of carbonyl (C=O) groups is 1. The molecular weight excluding hydrogens is 655 g/mol. The minimum Gasteiger partial charge on any atom is -0.498 e. The lowest BCUT2D eigenvalue weighted by molar-refractivity contribution is -0.150. The molecular formula is C48H93NO4. The Labute approximate surface area is 331 Å². The summed E-state index contributed by atoms with van der Waals surface area (Å²) >= 11 is 0. The van der Waals surface area contributed by atoms with Gasteiger partial charge in [0, 0.05) is 19.4 Å². The van der Waals surface area contributed by atoms with Crippen LogP contribution in [0.4, 0.5) is 0 Å². The van der Waals surface area contributed by atoms with Crippen molar-refractivity contribution in [3.8, 4) is 0 Å². The van der Waals surface area contributed by atoms with Crippen molar-refractivity contribution >= 4 is 5.97 Å². The number of carbonyl (C=O) groups excluding carboxylic acids is 1. The Morgan fingerprint density at radius 1 is 0.547 bits per heavy atom. The van der Waals surface area contributed by atoms with E-state index in [4.69, 9.17) is 9.47 Å². The average molecular weight is 748 g/mol. The predicted molar refractivity (Wildman–Crippen MR) is 230 cm³/mol. The van der Waals surface area contributed by atoms with E-state index in [0.717, 1.165) is 58.3 Å². The molecule has 53 heavy (non-hydrogen) atoms. The second-order valence-electron chi connectivity index (χ2n) is 16.7. The zero-order valence-electron chi connectivity index (χ0n) is 36.2. The van der Waals surface area contributed by atoms with Crippen LogP contribution in [0.1, 0.15) is 252 Å². The van der Waals surface area contributed by atoms with Gasteiger partial charge in [0.1, 0.15) is 6.10 Å². The van der Waals surface area contributed by atoms with Crippen molar-refractivity contribution in [3.05, 3.63) is 11.3 Å². The molecule has 0 atom stereocenters. The lowest BCUT2D eigenvalue weighted by Gasteiger charge is -2.23. The van der Waals surface area contributed by atoms with E-state index in [1.807, 2.05) is 0 Å². The largest absolute Gasteiger partial charge is 0.498 e. The molecule has 1 aliphatic carbocycles. The number of hydrogen-bond donors (Lipinski definition) is 1. The topological polar surface area (TPSA) is 59.0 Å². The van der Waals surface area contributed by atoms with Crippen molar-refractivity contribution < 1.29 is 19.4 Å². The Bertz CT molecular complexity index is 791. The first-order valence-corrected chi connectivity index (χ1v) is 24.0. The zero-order chi connectivity index (χ0) is 38.3. The molecule has 0 bridgehead atoms. The summed E-state index contributed by atoms with van der Waals surface area (Å²) in [4.78, 5) is 15.2. The quantitative estimate of drug-likeness (QED) is 0.0383. The van der Waals surface area contributed by atoms with Crippen LogP contribution in [-0.2, 0) is 14.3 Å². The fourth-order valence-corrected chi connectivity index (χ4v) is 7.81. The first-order valence-electron chi connectivity index (χ1n) is 24.0. The van der Waals surface area contributed by atoms with E-state index in [0.29, 0.717) is 6.42 Å². The Morgan fingerprint density at radius 2 is 0.981 bits per heavy atom. The monoisotopic (exact) mass is 748 g/mol. The highest BCUT2D eigenvalue weighted by atomic mass is 16.5. The lowest BCUT2D eigenvalue weighted by Crippen LogP contribution is -2.29. The normalized spacial score (nSPS) is 12.9. The lowest BCUT2D eigenvalue weighted by atomic mass is 9.90. The SMILES string of the molecule is CCCCCCCCCCCOC(CCCCCN(CCO)CCCCCCCC(=O)OC(CCCCCCCC)CCCCCCCC)=C1CCC1. The van der Waals surface area contributed by atoms with Crippen LogP contribution >= 0.6 is 0 Å². The molecule has 0 heterocycles. The van der Waals surface area contributed by atoms with Gasteiger partial charge in [-0.15, -0.1) is 0 Å². The predicted octanol–water partition coefficient (Wildman–Crippen LogP) is 14.6. The van der Waals surface area contributed by atoms with Crippen LogP contribution in [0, 0.1) is 0 Å². The summed E-state index contributed by atoms with van der Waals surface area (Å²) in [5, 5.41) is 9.66. The number of ether oxygens (including phenoxy) is 2. The number of allylic oxidation sites excluding steroid dienone is 2. The summed E-state index contributed by atoms with van der Waals surface area (Å²) in [7, 11) is 0. The number of aliphatic hydroxyl groups is 1. The van der Waals surface area contributed by atoms with Crippen molar-refractivity contribution in [2.75, 3.05) is 32.8 Å². The Morgan fingerprint density at radius 3 is 1.47 bits per heavy atom. The molecule has 5 heteroatoms. The first kappa shape index (κ1) is 49.9. The van der Waals surface area contributed by atoms with Gasteiger partial charge in [0.2, 0.25) is 0 Å². The Kier molecular flexibility index (Phi) is 36.9. The van der Waals surface area contributed by atoms with Crippen LogP contribution in [0.3, 0.4) is 0 Å². The minimum atomic E-state index is 0.0300. The van der Waals surface area contributed by atoms with Crippen LogP contribution in [0.2, 0.25) is 0 Å². The number of aliphatic hydroxyl groups excluding tert-OH is 1. The van der Waals surface area contributed by atoms with Crippen molar-refractivity contribution in [1.82, 2.24) is 4.90 Å². The molecule has 0 aromatic carbocycles. The third kappa shape index (κ3) is 31.8. The summed E-state index contributed by atoms with van der Waals surface area (Å²) in [6, 6.07) is 0. The van der Waals surface area contributed by atoms with Gasteiger partial charge in [-0.1, -0.05) is 162 Å². The second-order valence-corrected chi connectivity index (χ2v) is 16.7. The molecule has 0 spiro atoms. The molecule has 1 saturated carbocycles. The maximum atomic E-state index is 12.7. The molecule has 0 unspecified atom stereocenters. The smallest absolute Gasteiger partial charge is 0.306 e. The maximum Gasteiger partial charge on any atom is 0.306 e. The number of unbranched alkanes of at least 4 members (excludes halogenated alkanes) is 24. The first-order chi connectivity index (χ1) is 26.1. The number of hydrogen-bond acceptors (Lipinski definition) is 5. The van der Waals surface area contributed by atoms with E-state index < -0.39 is 0 Å². The second kappa shape index (κ2) is 39.2. The molecule has 1 fully saturated rings. The van der Waals surface area contributed by atoms with Gasteiger partial charge in [-0.2, -0.15) is 0 Å². The molecule has 0 aliphatic heterocycles. The van der Waals surface area contributed by atoms with E-state index in [1.165, 1.54) is 198 Å². The average Bonchev–Trinajstić information content (AvgIpc) is 3.13. The van der Waals surface area contributed by atoms with Gasteiger partial charge < -0.3 is 19.5 Å². The van der Waals surface area contributed by atoms with Crippen molar-refractivity contribution in [3.63, 3.8) is 0 Å². The van der Waals surface area contributed by atoms with Crippen molar-refractivity contribution in [1.29, 1.82) is 0 Å². The highest BCUT2D eigenvalue weighted by Gasteiger charge is 2.16. The van der Waals surface area contributed by atoms with E-state index in [-0.39, 0.29) is 18.7 Å². The third-order valence-electron chi connectivity index (χ3n) is 11.6. The van der Waals surface area contributed by atoms with Crippen LogP contribution in [0.5, 0.6) is 0 Å². The van der Waals surface area contributed by atoms with Gasteiger partial charge in [0.15, 0.2) is 0 Å². The molecule has 0 radical (unpaired) electrons. The molecule has 0 aromatic rings. The van der Waals surface area contributed by atoms with Crippen LogP contribution in [0.25, 0.3) is 0 Å². The van der Waals surface area contributed by atoms with Crippen LogP contribution in [0.15, 0.2) is 11.3 Å². The Hall–Kier alpha value is -1.07. The molecule has 1 rings (SSSR count).